The third kappa shape index (κ3) is 3.61. The fourth-order valence-corrected chi connectivity index (χ4v) is 3.29. The Hall–Kier alpha value is -2.15. The topological polar surface area (TPSA) is 58.6 Å². The number of anilines is 1. The summed E-state index contributed by atoms with van der Waals surface area (Å²) in [5.74, 6) is 2.29. The smallest absolute Gasteiger partial charge is 0.264 e. The van der Waals surface area contributed by atoms with Gasteiger partial charge in [0, 0.05) is 32.2 Å². The molecule has 0 aromatic carbocycles. The minimum Gasteiger partial charge on any atom is -0.478 e. The SMILES string of the molecule is CCOc1cc(N2CCN(C(=O)c3cccs3)CC2)nc(C)n1. The Labute approximate surface area is 139 Å². The molecule has 2 aromatic rings. The number of piperazine rings is 1. The normalized spacial score (nSPS) is 14.9. The lowest BCUT2D eigenvalue weighted by Crippen LogP contribution is -2.49. The van der Waals surface area contributed by atoms with Crippen molar-refractivity contribution in [3.63, 3.8) is 0 Å². The molecule has 1 amide bonds. The highest BCUT2D eigenvalue weighted by atomic mass is 32.1. The number of rotatable bonds is 4. The van der Waals surface area contributed by atoms with Crippen molar-refractivity contribution >= 4 is 23.1 Å². The second-order valence-corrected chi connectivity index (χ2v) is 6.25. The number of hydrogen-bond donors (Lipinski definition) is 0. The summed E-state index contributed by atoms with van der Waals surface area (Å²) in [6, 6.07) is 5.65. The van der Waals surface area contributed by atoms with E-state index in [1.807, 2.05) is 42.3 Å². The van der Waals surface area contributed by atoms with Crippen molar-refractivity contribution < 1.29 is 9.53 Å². The fourth-order valence-electron chi connectivity index (χ4n) is 2.60. The summed E-state index contributed by atoms with van der Waals surface area (Å²) < 4.78 is 5.49. The molecule has 0 saturated carbocycles. The number of amides is 1. The molecule has 0 spiro atoms. The van der Waals surface area contributed by atoms with Gasteiger partial charge in [-0.2, -0.15) is 4.98 Å². The Morgan fingerprint density at radius 1 is 1.30 bits per heavy atom. The number of aromatic nitrogens is 2. The van der Waals surface area contributed by atoms with E-state index in [1.54, 1.807) is 0 Å². The van der Waals surface area contributed by atoms with E-state index in [4.69, 9.17) is 4.74 Å². The molecule has 0 atom stereocenters. The van der Waals surface area contributed by atoms with E-state index in [-0.39, 0.29) is 5.91 Å². The Morgan fingerprint density at radius 3 is 2.74 bits per heavy atom. The van der Waals surface area contributed by atoms with E-state index in [0.717, 1.165) is 23.8 Å². The highest BCUT2D eigenvalue weighted by Gasteiger charge is 2.23. The van der Waals surface area contributed by atoms with Crippen molar-refractivity contribution in [2.75, 3.05) is 37.7 Å². The van der Waals surface area contributed by atoms with Crippen molar-refractivity contribution in [2.45, 2.75) is 13.8 Å². The van der Waals surface area contributed by atoms with Gasteiger partial charge in [-0.15, -0.1) is 11.3 Å². The van der Waals surface area contributed by atoms with Crippen LogP contribution in [0.5, 0.6) is 5.88 Å². The van der Waals surface area contributed by atoms with Gasteiger partial charge >= 0.3 is 0 Å². The first-order chi connectivity index (χ1) is 11.2. The zero-order valence-corrected chi connectivity index (χ0v) is 14.2. The number of thiophene rings is 1. The van der Waals surface area contributed by atoms with Crippen molar-refractivity contribution in [1.82, 2.24) is 14.9 Å². The predicted molar refractivity (Wildman–Crippen MR) is 90.4 cm³/mol. The van der Waals surface area contributed by atoms with E-state index >= 15 is 0 Å². The third-order valence-electron chi connectivity index (χ3n) is 3.72. The molecule has 0 bridgehead atoms. The van der Waals surface area contributed by atoms with Crippen molar-refractivity contribution in [3.8, 4) is 5.88 Å². The van der Waals surface area contributed by atoms with Gasteiger partial charge < -0.3 is 14.5 Å². The Bertz CT molecular complexity index is 667. The molecule has 3 rings (SSSR count). The van der Waals surface area contributed by atoms with Crippen molar-refractivity contribution in [1.29, 1.82) is 0 Å². The van der Waals surface area contributed by atoms with Gasteiger partial charge in [0.2, 0.25) is 5.88 Å². The van der Waals surface area contributed by atoms with Gasteiger partial charge in [-0.25, -0.2) is 4.98 Å². The van der Waals surface area contributed by atoms with Crippen LogP contribution in [0.4, 0.5) is 5.82 Å². The minimum absolute atomic E-state index is 0.119. The Balaban J connectivity index is 1.66. The first kappa shape index (κ1) is 15.7. The molecular formula is C16H20N4O2S. The van der Waals surface area contributed by atoms with Crippen LogP contribution in [0.25, 0.3) is 0 Å². The largest absolute Gasteiger partial charge is 0.478 e. The van der Waals surface area contributed by atoms with E-state index < -0.39 is 0 Å². The molecule has 7 heteroatoms. The van der Waals surface area contributed by atoms with Crippen LogP contribution in [0, 0.1) is 6.92 Å². The molecule has 0 aliphatic carbocycles. The molecule has 1 saturated heterocycles. The molecule has 0 radical (unpaired) electrons. The number of aryl methyl sites for hydroxylation is 1. The van der Waals surface area contributed by atoms with Crippen LogP contribution in [0.1, 0.15) is 22.4 Å². The minimum atomic E-state index is 0.119. The van der Waals surface area contributed by atoms with Crippen LogP contribution in [0.3, 0.4) is 0 Å². The molecule has 122 valence electrons. The molecular weight excluding hydrogens is 312 g/mol. The second-order valence-electron chi connectivity index (χ2n) is 5.30. The zero-order valence-electron chi connectivity index (χ0n) is 13.4. The van der Waals surface area contributed by atoms with E-state index in [9.17, 15) is 4.79 Å². The van der Waals surface area contributed by atoms with E-state index in [2.05, 4.69) is 14.9 Å². The monoisotopic (exact) mass is 332 g/mol. The lowest BCUT2D eigenvalue weighted by atomic mass is 10.3. The van der Waals surface area contributed by atoms with Gasteiger partial charge in [-0.3, -0.25) is 4.79 Å². The molecule has 6 nitrogen and oxygen atoms in total. The first-order valence-electron chi connectivity index (χ1n) is 7.73. The summed E-state index contributed by atoms with van der Waals surface area (Å²) in [6.07, 6.45) is 0. The van der Waals surface area contributed by atoms with Crippen molar-refractivity contribution in [3.05, 3.63) is 34.3 Å². The summed E-state index contributed by atoms with van der Waals surface area (Å²) in [4.78, 5) is 26.0. The van der Waals surface area contributed by atoms with E-state index in [0.29, 0.717) is 31.4 Å². The standard InChI is InChI=1S/C16H20N4O2S/c1-3-22-15-11-14(17-12(2)18-15)19-6-8-20(9-7-19)16(21)13-5-4-10-23-13/h4-5,10-11H,3,6-9H2,1-2H3. The van der Waals surface area contributed by atoms with E-state index in [1.165, 1.54) is 11.3 Å². The second kappa shape index (κ2) is 6.95. The first-order valence-corrected chi connectivity index (χ1v) is 8.61. The lowest BCUT2D eigenvalue weighted by Gasteiger charge is -2.35. The quantitative estimate of drug-likeness (QED) is 0.859. The Morgan fingerprint density at radius 2 is 2.09 bits per heavy atom. The van der Waals surface area contributed by atoms with Gasteiger partial charge in [0.15, 0.2) is 0 Å². The summed E-state index contributed by atoms with van der Waals surface area (Å²) in [6.45, 7) is 7.30. The van der Waals surface area contributed by atoms with Crippen LogP contribution in [0.15, 0.2) is 23.6 Å². The van der Waals surface area contributed by atoms with Gasteiger partial charge in [0.25, 0.3) is 5.91 Å². The maximum Gasteiger partial charge on any atom is 0.264 e. The summed E-state index contributed by atoms with van der Waals surface area (Å²) in [7, 11) is 0. The molecule has 1 fully saturated rings. The number of hydrogen-bond acceptors (Lipinski definition) is 6. The zero-order chi connectivity index (χ0) is 16.2. The van der Waals surface area contributed by atoms with Gasteiger partial charge in [0.05, 0.1) is 11.5 Å². The van der Waals surface area contributed by atoms with Crippen LogP contribution in [-0.4, -0.2) is 53.6 Å². The number of nitrogens with zero attached hydrogens (tertiary/aromatic N) is 4. The summed E-state index contributed by atoms with van der Waals surface area (Å²) in [5.41, 5.74) is 0. The highest BCUT2D eigenvalue weighted by Crippen LogP contribution is 2.20. The summed E-state index contributed by atoms with van der Waals surface area (Å²) in [5, 5.41) is 1.93. The number of carbonyl (C=O) groups is 1. The fraction of sp³-hybridized carbons (Fsp3) is 0.438. The summed E-state index contributed by atoms with van der Waals surface area (Å²) >= 11 is 1.49. The maximum atomic E-state index is 12.4. The van der Waals surface area contributed by atoms with Gasteiger partial charge in [0.1, 0.15) is 11.6 Å². The molecule has 1 aliphatic rings. The maximum absolute atomic E-state index is 12.4. The number of ether oxygens (including phenoxy) is 1. The lowest BCUT2D eigenvalue weighted by molar-refractivity contribution is 0.0751. The molecule has 0 unspecified atom stereocenters. The van der Waals surface area contributed by atoms with Gasteiger partial charge in [-0.1, -0.05) is 6.07 Å². The number of carbonyl (C=O) groups excluding carboxylic acids is 1. The van der Waals surface area contributed by atoms with Gasteiger partial charge in [-0.05, 0) is 25.3 Å². The van der Waals surface area contributed by atoms with Crippen LogP contribution >= 0.6 is 11.3 Å². The highest BCUT2D eigenvalue weighted by molar-refractivity contribution is 7.12. The molecule has 1 aliphatic heterocycles. The van der Waals surface area contributed by atoms with Crippen LogP contribution in [0.2, 0.25) is 0 Å². The molecule has 23 heavy (non-hydrogen) atoms. The average Bonchev–Trinajstić information content (AvgIpc) is 3.08. The van der Waals surface area contributed by atoms with Crippen LogP contribution < -0.4 is 9.64 Å². The predicted octanol–water partition coefficient (Wildman–Crippen LogP) is 2.21. The molecule has 0 N–H and O–H groups in total. The van der Waals surface area contributed by atoms with Crippen molar-refractivity contribution in [2.24, 2.45) is 0 Å². The third-order valence-corrected chi connectivity index (χ3v) is 4.57. The Kier molecular flexibility index (Phi) is 4.76. The van der Waals surface area contributed by atoms with Crippen LogP contribution in [-0.2, 0) is 0 Å². The molecule has 3 heterocycles. The average molecular weight is 332 g/mol. The molecule has 2 aromatic heterocycles.